The van der Waals surface area contributed by atoms with E-state index in [2.05, 4.69) is 51.0 Å². The highest BCUT2D eigenvalue weighted by Crippen LogP contribution is 2.34. The third-order valence-corrected chi connectivity index (χ3v) is 6.24. The van der Waals surface area contributed by atoms with Crippen LogP contribution in [0.3, 0.4) is 0 Å². The minimum Gasteiger partial charge on any atom is -0.347 e. The van der Waals surface area contributed by atoms with E-state index in [4.69, 9.17) is 9.97 Å². The van der Waals surface area contributed by atoms with Crippen molar-refractivity contribution >= 4 is 26.7 Å². The van der Waals surface area contributed by atoms with Crippen LogP contribution in [0.1, 0.15) is 30.3 Å². The summed E-state index contributed by atoms with van der Waals surface area (Å²) in [6.45, 7) is 2.81. The van der Waals surface area contributed by atoms with Crippen LogP contribution in [0.25, 0.3) is 10.2 Å². The molecule has 4 aromatic rings. The van der Waals surface area contributed by atoms with Gasteiger partial charge in [0.05, 0.1) is 22.5 Å². The number of anilines is 1. The highest BCUT2D eigenvalue weighted by molar-refractivity contribution is 7.22. The second kappa shape index (κ2) is 7.12. The molecule has 1 atom stereocenters. The van der Waals surface area contributed by atoms with E-state index in [1.165, 1.54) is 11.1 Å². The molecule has 136 valence electrons. The molecule has 0 aliphatic carbocycles. The molecular weight excluding hydrogens is 354 g/mol. The summed E-state index contributed by atoms with van der Waals surface area (Å²) in [5.41, 5.74) is 2.16. The Morgan fingerprint density at radius 3 is 2.85 bits per heavy atom. The third-order valence-electron chi connectivity index (χ3n) is 5.15. The van der Waals surface area contributed by atoms with Crippen LogP contribution >= 0.6 is 11.3 Å². The lowest BCUT2D eigenvalue weighted by Crippen LogP contribution is -2.35. The fraction of sp³-hybridized carbons (Fsp3) is 0.286. The van der Waals surface area contributed by atoms with Crippen molar-refractivity contribution in [2.75, 3.05) is 18.0 Å². The number of hydrogen-bond acceptors (Lipinski definition) is 5. The number of aromatic nitrogens is 4. The van der Waals surface area contributed by atoms with Gasteiger partial charge in [-0.05, 0) is 37.1 Å². The van der Waals surface area contributed by atoms with Crippen molar-refractivity contribution in [3.05, 3.63) is 72.6 Å². The van der Waals surface area contributed by atoms with E-state index >= 15 is 0 Å². The molecule has 1 aromatic carbocycles. The Hall–Kier alpha value is -2.73. The number of hydrogen-bond donors (Lipinski definition) is 0. The summed E-state index contributed by atoms with van der Waals surface area (Å²) in [4.78, 5) is 16.4. The average molecular weight is 376 g/mol. The molecule has 6 heteroatoms. The zero-order valence-electron chi connectivity index (χ0n) is 15.0. The summed E-state index contributed by atoms with van der Waals surface area (Å²) >= 11 is 1.79. The molecule has 0 bridgehead atoms. The monoisotopic (exact) mass is 375 g/mol. The molecule has 0 N–H and O–H groups in total. The molecule has 5 rings (SSSR count). The van der Waals surface area contributed by atoms with E-state index in [1.807, 2.05) is 24.5 Å². The van der Waals surface area contributed by atoms with Crippen molar-refractivity contribution < 1.29 is 0 Å². The Labute approximate surface area is 162 Å². The Morgan fingerprint density at radius 1 is 1.04 bits per heavy atom. The molecule has 0 saturated carbocycles. The standard InChI is InChI=1S/C21H21N5S/c1-2-9-19-18(8-1)24-21(27-19)26-12-5-6-16(14-26)20-23-11-13-25(20)15-17-7-3-4-10-22-17/h1-4,7-11,13,16H,5-6,12,14-15H2/t16-/m1/s1. The van der Waals surface area contributed by atoms with Gasteiger partial charge in [0, 0.05) is 37.6 Å². The summed E-state index contributed by atoms with van der Waals surface area (Å²) in [6, 6.07) is 14.4. The van der Waals surface area contributed by atoms with Crippen LogP contribution in [0.5, 0.6) is 0 Å². The van der Waals surface area contributed by atoms with E-state index in [-0.39, 0.29) is 0 Å². The number of nitrogens with zero attached hydrogens (tertiary/aromatic N) is 5. The quantitative estimate of drug-likeness (QED) is 0.533. The molecule has 5 nitrogen and oxygen atoms in total. The molecule has 1 aliphatic rings. The van der Waals surface area contributed by atoms with Gasteiger partial charge in [0.1, 0.15) is 5.82 Å². The van der Waals surface area contributed by atoms with Gasteiger partial charge in [-0.25, -0.2) is 9.97 Å². The maximum Gasteiger partial charge on any atom is 0.186 e. The van der Waals surface area contributed by atoms with Gasteiger partial charge in [-0.15, -0.1) is 0 Å². The Morgan fingerprint density at radius 2 is 1.96 bits per heavy atom. The van der Waals surface area contributed by atoms with Crippen molar-refractivity contribution in [2.24, 2.45) is 0 Å². The van der Waals surface area contributed by atoms with Crippen LogP contribution < -0.4 is 4.90 Å². The SMILES string of the molecule is c1ccc(Cn2ccnc2[C@@H]2CCCN(c3nc4ccccc4s3)C2)nc1. The van der Waals surface area contributed by atoms with E-state index in [9.17, 15) is 0 Å². The van der Waals surface area contributed by atoms with Crippen LogP contribution in [0, 0.1) is 0 Å². The minimum atomic E-state index is 0.421. The second-order valence-corrected chi connectivity index (χ2v) is 7.99. The van der Waals surface area contributed by atoms with Crippen molar-refractivity contribution in [3.63, 3.8) is 0 Å². The van der Waals surface area contributed by atoms with Gasteiger partial charge >= 0.3 is 0 Å². The largest absolute Gasteiger partial charge is 0.347 e. The fourth-order valence-corrected chi connectivity index (χ4v) is 4.84. The smallest absolute Gasteiger partial charge is 0.186 e. The van der Waals surface area contributed by atoms with Gasteiger partial charge in [0.15, 0.2) is 5.13 Å². The topological polar surface area (TPSA) is 46.8 Å². The molecule has 0 amide bonds. The fourth-order valence-electron chi connectivity index (χ4n) is 3.84. The van der Waals surface area contributed by atoms with Gasteiger partial charge in [-0.2, -0.15) is 0 Å². The van der Waals surface area contributed by atoms with Crippen molar-refractivity contribution in [3.8, 4) is 0 Å². The molecule has 4 heterocycles. The number of benzene rings is 1. The van der Waals surface area contributed by atoms with Crippen LogP contribution in [0.15, 0.2) is 61.1 Å². The number of piperidine rings is 1. The molecule has 3 aromatic heterocycles. The van der Waals surface area contributed by atoms with E-state index < -0.39 is 0 Å². The Bertz CT molecular complexity index is 1010. The number of rotatable bonds is 4. The average Bonchev–Trinajstić information content (AvgIpc) is 3.36. The summed E-state index contributed by atoms with van der Waals surface area (Å²) in [7, 11) is 0. The van der Waals surface area contributed by atoms with Crippen LogP contribution in [0.4, 0.5) is 5.13 Å². The van der Waals surface area contributed by atoms with E-state index in [0.29, 0.717) is 5.92 Å². The predicted octanol–water partition coefficient (Wildman–Crippen LogP) is 4.32. The highest BCUT2D eigenvalue weighted by Gasteiger charge is 2.26. The molecular formula is C21H21N5S. The predicted molar refractivity (Wildman–Crippen MR) is 109 cm³/mol. The molecule has 1 fully saturated rings. The van der Waals surface area contributed by atoms with Crippen LogP contribution in [-0.2, 0) is 6.54 Å². The van der Waals surface area contributed by atoms with E-state index in [0.717, 1.165) is 48.2 Å². The van der Waals surface area contributed by atoms with Gasteiger partial charge in [0.25, 0.3) is 0 Å². The molecule has 0 radical (unpaired) electrons. The Balaban J connectivity index is 1.38. The summed E-state index contributed by atoms with van der Waals surface area (Å²) < 4.78 is 3.50. The number of imidazole rings is 1. The molecule has 1 aliphatic heterocycles. The number of thiazole rings is 1. The number of pyridine rings is 1. The summed E-state index contributed by atoms with van der Waals surface area (Å²) in [5.74, 6) is 1.58. The maximum atomic E-state index is 4.85. The van der Waals surface area contributed by atoms with E-state index in [1.54, 1.807) is 11.3 Å². The highest BCUT2D eigenvalue weighted by atomic mass is 32.1. The Kier molecular flexibility index (Phi) is 4.33. The molecule has 27 heavy (non-hydrogen) atoms. The number of para-hydroxylation sites is 1. The summed E-state index contributed by atoms with van der Waals surface area (Å²) in [6.07, 6.45) is 8.16. The lowest BCUT2D eigenvalue weighted by Gasteiger charge is -2.32. The zero-order chi connectivity index (χ0) is 18.1. The second-order valence-electron chi connectivity index (χ2n) is 6.98. The van der Waals surface area contributed by atoms with Crippen molar-refractivity contribution in [1.82, 2.24) is 19.5 Å². The van der Waals surface area contributed by atoms with Crippen molar-refractivity contribution in [1.29, 1.82) is 0 Å². The van der Waals surface area contributed by atoms with Crippen LogP contribution in [0.2, 0.25) is 0 Å². The van der Waals surface area contributed by atoms with Crippen LogP contribution in [-0.4, -0.2) is 32.6 Å². The lowest BCUT2D eigenvalue weighted by molar-refractivity contribution is 0.475. The van der Waals surface area contributed by atoms with Gasteiger partial charge in [-0.3, -0.25) is 4.98 Å². The first-order valence-electron chi connectivity index (χ1n) is 9.38. The van der Waals surface area contributed by atoms with Gasteiger partial charge < -0.3 is 9.47 Å². The lowest BCUT2D eigenvalue weighted by atomic mass is 9.97. The first-order valence-corrected chi connectivity index (χ1v) is 10.2. The minimum absolute atomic E-state index is 0.421. The maximum absolute atomic E-state index is 4.85. The van der Waals surface area contributed by atoms with Gasteiger partial charge in [-0.1, -0.05) is 29.5 Å². The molecule has 0 unspecified atom stereocenters. The first kappa shape index (κ1) is 16.4. The number of fused-ring (bicyclic) bond motifs is 1. The molecule has 0 spiro atoms. The first-order chi connectivity index (χ1) is 13.4. The normalized spacial score (nSPS) is 17.5. The third kappa shape index (κ3) is 3.32. The molecule has 1 saturated heterocycles. The summed E-state index contributed by atoms with van der Waals surface area (Å²) in [5, 5.41) is 1.13. The van der Waals surface area contributed by atoms with Crippen molar-refractivity contribution in [2.45, 2.75) is 25.3 Å². The van der Waals surface area contributed by atoms with Gasteiger partial charge in [0.2, 0.25) is 0 Å². The zero-order valence-corrected chi connectivity index (χ0v) is 15.8.